The van der Waals surface area contributed by atoms with E-state index in [1.54, 1.807) is 18.2 Å². The Morgan fingerprint density at radius 3 is 2.21 bits per heavy atom. The number of hydrogen-bond acceptors (Lipinski definition) is 9. The van der Waals surface area contributed by atoms with E-state index in [0.29, 0.717) is 54.7 Å². The molecule has 5 rings (SSSR count). The quantitative estimate of drug-likeness (QED) is 0.188. The van der Waals surface area contributed by atoms with Crippen molar-refractivity contribution in [1.82, 2.24) is 0 Å². The molecule has 3 saturated carbocycles. The van der Waals surface area contributed by atoms with Gasteiger partial charge < -0.3 is 44.8 Å². The number of halogens is 1. The molecule has 0 aromatic heterocycles. The molecule has 2 aromatic rings. The zero-order valence-electron chi connectivity index (χ0n) is 24.2. The van der Waals surface area contributed by atoms with Crippen LogP contribution in [0.5, 0.6) is 5.75 Å². The van der Waals surface area contributed by atoms with Crippen LogP contribution >= 0.6 is 11.6 Å². The van der Waals surface area contributed by atoms with Gasteiger partial charge in [0.05, 0.1) is 60.7 Å². The van der Waals surface area contributed by atoms with Crippen molar-refractivity contribution in [2.75, 3.05) is 33.0 Å². The molecule has 2 aromatic carbocycles. The van der Waals surface area contributed by atoms with Gasteiger partial charge >= 0.3 is 0 Å². The van der Waals surface area contributed by atoms with Gasteiger partial charge in [-0.15, -0.1) is 0 Å². The van der Waals surface area contributed by atoms with Crippen LogP contribution in [-0.4, -0.2) is 99.8 Å². The molecule has 0 spiro atoms. The Labute approximate surface area is 251 Å². The van der Waals surface area contributed by atoms with Crippen molar-refractivity contribution in [3.63, 3.8) is 0 Å². The molecule has 6 N–H and O–H groups in total. The van der Waals surface area contributed by atoms with Gasteiger partial charge in [0.2, 0.25) is 0 Å². The average Bonchev–Trinajstić information content (AvgIpc) is 3.75. The minimum absolute atomic E-state index is 0.217. The van der Waals surface area contributed by atoms with Crippen LogP contribution in [0, 0.1) is 11.3 Å². The molecule has 3 aliphatic rings. The summed E-state index contributed by atoms with van der Waals surface area (Å²) < 4.78 is 16.9. The van der Waals surface area contributed by atoms with E-state index in [1.165, 1.54) is 26.7 Å². The molecule has 0 heterocycles. The lowest BCUT2D eigenvalue weighted by molar-refractivity contribution is -0.254. The highest BCUT2D eigenvalue weighted by Crippen LogP contribution is 2.63. The van der Waals surface area contributed by atoms with Crippen LogP contribution < -0.4 is 4.74 Å². The van der Waals surface area contributed by atoms with Crippen LogP contribution in [0.25, 0.3) is 0 Å². The van der Waals surface area contributed by atoms with Gasteiger partial charge in [-0.1, -0.05) is 35.9 Å². The minimum atomic E-state index is -1.75. The molecule has 2 bridgehead atoms. The predicted octanol–water partition coefficient (Wildman–Crippen LogP) is 1.97. The Bertz CT molecular complexity index is 1210. The molecule has 7 atom stereocenters. The molecule has 0 radical (unpaired) electrons. The van der Waals surface area contributed by atoms with Crippen LogP contribution in [0.2, 0.25) is 5.02 Å². The van der Waals surface area contributed by atoms with Gasteiger partial charge in [0.25, 0.3) is 0 Å². The Balaban J connectivity index is 1.26. The summed E-state index contributed by atoms with van der Waals surface area (Å²) in [6, 6.07) is 12.5. The molecule has 3 fully saturated rings. The van der Waals surface area contributed by atoms with Gasteiger partial charge in [-0.05, 0) is 80.3 Å². The monoisotopic (exact) mass is 606 g/mol. The van der Waals surface area contributed by atoms with Crippen LogP contribution in [0.3, 0.4) is 0 Å². The van der Waals surface area contributed by atoms with E-state index < -0.39 is 47.0 Å². The Kier molecular flexibility index (Phi) is 9.27. The van der Waals surface area contributed by atoms with Crippen molar-refractivity contribution in [2.24, 2.45) is 11.3 Å². The highest BCUT2D eigenvalue weighted by atomic mass is 35.5. The molecule has 0 saturated heterocycles. The Morgan fingerprint density at radius 2 is 1.55 bits per heavy atom. The number of benzene rings is 2. The zero-order valence-corrected chi connectivity index (χ0v) is 24.9. The van der Waals surface area contributed by atoms with Gasteiger partial charge in [-0.2, -0.15) is 0 Å². The summed E-state index contributed by atoms with van der Waals surface area (Å²) >= 11 is 6.56. The minimum Gasteiger partial charge on any atom is -0.491 e. The fourth-order valence-electron chi connectivity index (χ4n) is 6.95. The van der Waals surface area contributed by atoms with Crippen molar-refractivity contribution in [3.8, 4) is 5.75 Å². The van der Waals surface area contributed by atoms with E-state index in [1.807, 2.05) is 24.3 Å². The Hall–Kier alpha value is -1.79. The fourth-order valence-corrected chi connectivity index (χ4v) is 7.14. The zero-order chi connectivity index (χ0) is 30.3. The first-order chi connectivity index (χ1) is 19.9. The molecule has 0 amide bonds. The normalized spacial score (nSPS) is 32.7. The van der Waals surface area contributed by atoms with Crippen molar-refractivity contribution >= 4 is 11.6 Å². The van der Waals surface area contributed by atoms with Gasteiger partial charge in [0.15, 0.2) is 0 Å². The van der Waals surface area contributed by atoms with Gasteiger partial charge in [-0.25, -0.2) is 0 Å². The van der Waals surface area contributed by atoms with Crippen LogP contribution in [0.4, 0.5) is 0 Å². The van der Waals surface area contributed by atoms with E-state index in [9.17, 15) is 30.6 Å². The van der Waals surface area contributed by atoms with Crippen molar-refractivity contribution in [3.05, 3.63) is 64.2 Å². The fraction of sp³-hybridized carbons (Fsp3) is 0.625. The van der Waals surface area contributed by atoms with Crippen LogP contribution in [0.1, 0.15) is 49.8 Å². The SMILES string of the molecule is CC(C)(O)[C@@]12CC(O)[C@@](c3ccc(Cl)c(Cc4ccc(OCCOCCOCC5CC5)cc4)c3)(C1O)[C@@H](O)[C@H](O)[C@H]2O. The largest absolute Gasteiger partial charge is 0.491 e. The first-order valence-electron chi connectivity index (χ1n) is 14.7. The van der Waals surface area contributed by atoms with Gasteiger partial charge in [0, 0.05) is 11.6 Å². The lowest BCUT2D eigenvalue weighted by atomic mass is 9.55. The maximum atomic E-state index is 11.7. The molecule has 42 heavy (non-hydrogen) atoms. The number of hydrogen-bond donors (Lipinski definition) is 6. The molecular formula is C32H43ClO9. The maximum Gasteiger partial charge on any atom is 0.119 e. The first kappa shape index (κ1) is 31.6. The van der Waals surface area contributed by atoms with E-state index in [4.69, 9.17) is 25.8 Å². The number of fused-ring (bicyclic) bond motifs is 2. The summed E-state index contributed by atoms with van der Waals surface area (Å²) in [5, 5.41) is 67.5. The van der Waals surface area contributed by atoms with Gasteiger partial charge in [0.1, 0.15) is 18.5 Å². The van der Waals surface area contributed by atoms with Crippen molar-refractivity contribution in [1.29, 1.82) is 0 Å². The molecule has 3 aliphatic carbocycles. The lowest BCUT2D eigenvalue weighted by Gasteiger charge is -2.56. The third kappa shape index (κ3) is 5.60. The molecular weight excluding hydrogens is 564 g/mol. The second kappa shape index (κ2) is 12.3. The summed E-state index contributed by atoms with van der Waals surface area (Å²) in [5.74, 6) is 1.44. The second-order valence-electron chi connectivity index (χ2n) is 12.6. The molecule has 0 aliphatic heterocycles. The third-order valence-corrected chi connectivity index (χ3v) is 9.98. The summed E-state index contributed by atoms with van der Waals surface area (Å²) in [7, 11) is 0. The van der Waals surface area contributed by atoms with Crippen molar-refractivity contribution in [2.45, 2.75) is 81.1 Å². The van der Waals surface area contributed by atoms with Crippen LogP contribution in [-0.2, 0) is 21.3 Å². The third-order valence-electron chi connectivity index (χ3n) is 9.61. The number of aliphatic hydroxyl groups excluding tert-OH is 5. The van der Waals surface area contributed by atoms with Crippen molar-refractivity contribution < 1.29 is 44.8 Å². The summed E-state index contributed by atoms with van der Waals surface area (Å²) in [5.41, 5.74) is -3.12. The maximum absolute atomic E-state index is 11.7. The summed E-state index contributed by atoms with van der Waals surface area (Å²) in [6.45, 7) is 5.68. The number of ether oxygens (including phenoxy) is 3. The Morgan fingerprint density at radius 1 is 0.881 bits per heavy atom. The molecule has 232 valence electrons. The molecule has 9 nitrogen and oxygen atoms in total. The number of rotatable bonds is 13. The topological polar surface area (TPSA) is 149 Å². The first-order valence-corrected chi connectivity index (χ1v) is 15.1. The predicted molar refractivity (Wildman–Crippen MR) is 156 cm³/mol. The average molecular weight is 607 g/mol. The highest BCUT2D eigenvalue weighted by molar-refractivity contribution is 6.31. The lowest BCUT2D eigenvalue weighted by Crippen LogP contribution is -2.72. The second-order valence-corrected chi connectivity index (χ2v) is 13.0. The van der Waals surface area contributed by atoms with E-state index in [2.05, 4.69) is 0 Å². The van der Waals surface area contributed by atoms with Gasteiger partial charge in [-0.3, -0.25) is 0 Å². The molecule has 2 unspecified atom stereocenters. The standard InChI is InChI=1S/C32H43ClO9/c1-30(2,39)31-17-25(34)32(29(31)38,28(37)26(35)27(31)36)22-7-10-24(33)21(16-22)15-19-5-8-23(9-6-19)42-14-13-40-11-12-41-18-20-3-4-20/h5-10,16,20,25-29,34-39H,3-4,11-15,17-18H2,1-2H3/t25?,26-,27-,28+,29?,31-,32-/m1/s1. The smallest absolute Gasteiger partial charge is 0.119 e. The summed E-state index contributed by atoms with van der Waals surface area (Å²) in [4.78, 5) is 0. The van der Waals surface area contributed by atoms with Crippen LogP contribution in [0.15, 0.2) is 42.5 Å². The number of aliphatic hydroxyl groups is 6. The van der Waals surface area contributed by atoms with E-state index in [-0.39, 0.29) is 6.42 Å². The molecule has 10 heteroatoms. The van der Waals surface area contributed by atoms with E-state index >= 15 is 0 Å². The van der Waals surface area contributed by atoms with E-state index in [0.717, 1.165) is 18.1 Å². The highest BCUT2D eigenvalue weighted by Gasteiger charge is 2.77. The summed E-state index contributed by atoms with van der Waals surface area (Å²) in [6.07, 6.45) is -5.22.